The number of rotatable bonds is 3. The molecule has 5 nitrogen and oxygen atoms in total. The maximum absolute atomic E-state index is 6.14. The molecule has 0 amide bonds. The van der Waals surface area contributed by atoms with Crippen molar-refractivity contribution in [1.29, 1.82) is 0 Å². The van der Waals surface area contributed by atoms with Crippen molar-refractivity contribution in [3.05, 3.63) is 41.5 Å². The lowest BCUT2D eigenvalue weighted by molar-refractivity contribution is 0.360. The van der Waals surface area contributed by atoms with Crippen LogP contribution in [0.5, 0.6) is 0 Å². The molecule has 0 saturated carbocycles. The number of anilines is 1. The molecular weight excluding hydrogens is 252 g/mol. The lowest BCUT2D eigenvalue weighted by Crippen LogP contribution is -2.43. The van der Waals surface area contributed by atoms with Gasteiger partial charge in [0.1, 0.15) is 0 Å². The Bertz CT molecular complexity index is 593. The summed E-state index contributed by atoms with van der Waals surface area (Å²) in [5, 5.41) is 4.06. The van der Waals surface area contributed by atoms with Crippen LogP contribution >= 0.6 is 0 Å². The Labute approximate surface area is 118 Å². The quantitative estimate of drug-likeness (QED) is 0.926. The van der Waals surface area contributed by atoms with E-state index in [0.29, 0.717) is 12.4 Å². The summed E-state index contributed by atoms with van der Waals surface area (Å²) in [5.74, 6) is 1.67. The van der Waals surface area contributed by atoms with Gasteiger partial charge in [-0.25, -0.2) is 0 Å². The minimum atomic E-state index is 0.154. The average Bonchev–Trinajstić information content (AvgIpc) is 2.87. The molecule has 1 atom stereocenters. The first-order valence-electron chi connectivity index (χ1n) is 7.04. The van der Waals surface area contributed by atoms with Crippen molar-refractivity contribution in [1.82, 2.24) is 10.1 Å². The molecule has 2 aromatic rings. The Morgan fingerprint density at radius 2 is 2.20 bits per heavy atom. The lowest BCUT2D eigenvalue weighted by atomic mass is 9.98. The van der Waals surface area contributed by atoms with E-state index < -0.39 is 0 Å². The molecule has 1 aliphatic rings. The van der Waals surface area contributed by atoms with E-state index in [1.807, 2.05) is 13.8 Å². The highest BCUT2D eigenvalue weighted by Crippen LogP contribution is 2.27. The molecule has 0 bridgehead atoms. The van der Waals surface area contributed by atoms with Crippen LogP contribution in [0.1, 0.15) is 37.0 Å². The van der Waals surface area contributed by atoms with Gasteiger partial charge in [-0.3, -0.25) is 0 Å². The van der Waals surface area contributed by atoms with Crippen LogP contribution in [-0.4, -0.2) is 22.7 Å². The molecule has 3 rings (SSSR count). The van der Waals surface area contributed by atoms with Gasteiger partial charge in [-0.2, -0.15) is 4.98 Å². The highest BCUT2D eigenvalue weighted by Gasteiger charge is 2.23. The molecule has 1 aromatic carbocycles. The number of hydrogen-bond acceptors (Lipinski definition) is 5. The summed E-state index contributed by atoms with van der Waals surface area (Å²) in [6.45, 7) is 5.55. The summed E-state index contributed by atoms with van der Waals surface area (Å²) in [5.41, 5.74) is 8.66. The number of nitrogens with zero attached hydrogens (tertiary/aromatic N) is 3. The standard InChI is InChI=1S/C15H20N4O/c1-10(2)15-17-14(18-20-15)9-19-8-12(16)7-11-5-3-4-6-13(11)19/h3-6,10,12H,7-9,16H2,1-2H3. The van der Waals surface area contributed by atoms with Crippen molar-refractivity contribution in [3.8, 4) is 0 Å². The molecule has 0 aliphatic carbocycles. The minimum Gasteiger partial charge on any atom is -0.362 e. The van der Waals surface area contributed by atoms with Gasteiger partial charge in [0.15, 0.2) is 5.82 Å². The van der Waals surface area contributed by atoms with Crippen molar-refractivity contribution in [3.63, 3.8) is 0 Å². The Hall–Kier alpha value is -1.88. The highest BCUT2D eigenvalue weighted by atomic mass is 16.5. The smallest absolute Gasteiger partial charge is 0.229 e. The number of benzene rings is 1. The van der Waals surface area contributed by atoms with Gasteiger partial charge in [0.25, 0.3) is 0 Å². The van der Waals surface area contributed by atoms with E-state index in [1.165, 1.54) is 11.3 Å². The molecule has 0 spiro atoms. The SMILES string of the molecule is CC(C)c1nc(CN2CC(N)Cc3ccccc32)no1. The van der Waals surface area contributed by atoms with Gasteiger partial charge in [-0.05, 0) is 18.1 Å². The van der Waals surface area contributed by atoms with E-state index in [1.54, 1.807) is 0 Å². The fourth-order valence-electron chi connectivity index (χ4n) is 2.61. The zero-order chi connectivity index (χ0) is 14.1. The second-order valence-electron chi connectivity index (χ2n) is 5.68. The topological polar surface area (TPSA) is 68.2 Å². The second-order valence-corrected chi connectivity index (χ2v) is 5.68. The number of hydrogen-bond donors (Lipinski definition) is 1. The number of nitrogens with two attached hydrogens (primary N) is 1. The number of fused-ring (bicyclic) bond motifs is 1. The highest BCUT2D eigenvalue weighted by molar-refractivity contribution is 5.56. The molecule has 1 aliphatic heterocycles. The minimum absolute atomic E-state index is 0.154. The van der Waals surface area contributed by atoms with E-state index in [4.69, 9.17) is 10.3 Å². The van der Waals surface area contributed by atoms with Crippen LogP contribution in [0, 0.1) is 0 Å². The Morgan fingerprint density at radius 3 is 2.95 bits per heavy atom. The van der Waals surface area contributed by atoms with Crippen LogP contribution in [0.25, 0.3) is 0 Å². The van der Waals surface area contributed by atoms with E-state index in [9.17, 15) is 0 Å². The molecule has 20 heavy (non-hydrogen) atoms. The van der Waals surface area contributed by atoms with Gasteiger partial charge in [0.05, 0.1) is 6.54 Å². The molecule has 1 unspecified atom stereocenters. The van der Waals surface area contributed by atoms with Crippen molar-refractivity contribution in [2.75, 3.05) is 11.4 Å². The molecule has 0 radical (unpaired) electrons. The van der Waals surface area contributed by atoms with E-state index >= 15 is 0 Å². The molecule has 106 valence electrons. The van der Waals surface area contributed by atoms with Crippen LogP contribution in [0.3, 0.4) is 0 Å². The van der Waals surface area contributed by atoms with E-state index in [0.717, 1.165) is 18.8 Å². The fraction of sp³-hybridized carbons (Fsp3) is 0.467. The zero-order valence-corrected chi connectivity index (χ0v) is 11.9. The molecule has 0 fully saturated rings. The Balaban J connectivity index is 1.83. The van der Waals surface area contributed by atoms with Crippen molar-refractivity contribution < 1.29 is 4.52 Å². The van der Waals surface area contributed by atoms with E-state index in [-0.39, 0.29) is 12.0 Å². The Kier molecular flexibility index (Phi) is 3.44. The predicted molar refractivity (Wildman–Crippen MR) is 77.6 cm³/mol. The van der Waals surface area contributed by atoms with Gasteiger partial charge in [0, 0.05) is 24.2 Å². The number of para-hydroxylation sites is 1. The fourth-order valence-corrected chi connectivity index (χ4v) is 2.61. The van der Waals surface area contributed by atoms with Gasteiger partial charge < -0.3 is 15.2 Å². The molecule has 0 saturated heterocycles. The zero-order valence-electron chi connectivity index (χ0n) is 11.9. The predicted octanol–water partition coefficient (Wildman–Crippen LogP) is 2.08. The molecule has 2 N–H and O–H groups in total. The molecule has 1 aromatic heterocycles. The first kappa shape index (κ1) is 13.1. The largest absolute Gasteiger partial charge is 0.362 e. The van der Waals surface area contributed by atoms with Gasteiger partial charge in [-0.15, -0.1) is 0 Å². The normalized spacial score (nSPS) is 18.4. The van der Waals surface area contributed by atoms with Crippen LogP contribution < -0.4 is 10.6 Å². The van der Waals surface area contributed by atoms with Crippen molar-refractivity contribution in [2.24, 2.45) is 5.73 Å². The first-order chi connectivity index (χ1) is 9.63. The van der Waals surface area contributed by atoms with Gasteiger partial charge >= 0.3 is 0 Å². The lowest BCUT2D eigenvalue weighted by Gasteiger charge is -2.33. The summed E-state index contributed by atoms with van der Waals surface area (Å²) >= 11 is 0. The van der Waals surface area contributed by atoms with Gasteiger partial charge in [0.2, 0.25) is 5.89 Å². The van der Waals surface area contributed by atoms with Crippen LogP contribution in [0.4, 0.5) is 5.69 Å². The third kappa shape index (κ3) is 2.54. The maximum atomic E-state index is 6.14. The molecule has 5 heteroatoms. The summed E-state index contributed by atoms with van der Waals surface area (Å²) in [7, 11) is 0. The van der Waals surface area contributed by atoms with Crippen LogP contribution in [0.2, 0.25) is 0 Å². The summed E-state index contributed by atoms with van der Waals surface area (Å²) in [6, 6.07) is 8.53. The summed E-state index contributed by atoms with van der Waals surface area (Å²) < 4.78 is 5.26. The molecule has 2 heterocycles. The van der Waals surface area contributed by atoms with Crippen LogP contribution in [0.15, 0.2) is 28.8 Å². The second kappa shape index (κ2) is 5.25. The number of aromatic nitrogens is 2. The third-order valence-corrected chi connectivity index (χ3v) is 3.58. The van der Waals surface area contributed by atoms with E-state index in [2.05, 4.69) is 39.3 Å². The molecular formula is C15H20N4O. The average molecular weight is 272 g/mol. The monoisotopic (exact) mass is 272 g/mol. The summed E-state index contributed by atoms with van der Waals surface area (Å²) in [4.78, 5) is 6.68. The maximum Gasteiger partial charge on any atom is 0.229 e. The third-order valence-electron chi connectivity index (χ3n) is 3.58. The van der Waals surface area contributed by atoms with Gasteiger partial charge in [-0.1, -0.05) is 37.2 Å². The van der Waals surface area contributed by atoms with Crippen LogP contribution in [-0.2, 0) is 13.0 Å². The summed E-state index contributed by atoms with van der Waals surface area (Å²) in [6.07, 6.45) is 0.927. The van der Waals surface area contributed by atoms with Crippen molar-refractivity contribution in [2.45, 2.75) is 38.8 Å². The first-order valence-corrected chi connectivity index (χ1v) is 7.04. The van der Waals surface area contributed by atoms with Crippen molar-refractivity contribution >= 4 is 5.69 Å². The Morgan fingerprint density at radius 1 is 1.40 bits per heavy atom.